The Labute approximate surface area is 155 Å². The van der Waals surface area contributed by atoms with Gasteiger partial charge in [0.1, 0.15) is 24.0 Å². The van der Waals surface area contributed by atoms with Gasteiger partial charge in [0.05, 0.1) is 10.6 Å². The zero-order valence-corrected chi connectivity index (χ0v) is 15.3. The molecule has 0 saturated carbocycles. The van der Waals surface area contributed by atoms with Crippen molar-refractivity contribution in [3.05, 3.63) is 79.8 Å². The Hall–Kier alpha value is -2.93. The molecule has 0 aliphatic heterocycles. The van der Waals surface area contributed by atoms with Gasteiger partial charge in [-0.25, -0.2) is 4.98 Å². The average Bonchev–Trinajstić information content (AvgIpc) is 3.07. The summed E-state index contributed by atoms with van der Waals surface area (Å²) in [5.74, 6) is 1.04. The first-order chi connectivity index (χ1) is 12.5. The van der Waals surface area contributed by atoms with Gasteiger partial charge in [-0.15, -0.1) is 11.3 Å². The van der Waals surface area contributed by atoms with Gasteiger partial charge >= 0.3 is 5.69 Å². The molecule has 1 heterocycles. The summed E-state index contributed by atoms with van der Waals surface area (Å²) in [4.78, 5) is 15.1. The van der Waals surface area contributed by atoms with Crippen LogP contribution in [-0.2, 0) is 13.2 Å². The number of nitro groups is 1. The topological polar surface area (TPSA) is 74.5 Å². The second-order valence-electron chi connectivity index (χ2n) is 5.85. The minimum absolute atomic E-state index is 0.0474. The molecule has 0 aliphatic carbocycles. The van der Waals surface area contributed by atoms with E-state index in [0.29, 0.717) is 12.3 Å². The van der Waals surface area contributed by atoms with Crippen molar-refractivity contribution in [3.63, 3.8) is 0 Å². The van der Waals surface area contributed by atoms with E-state index in [2.05, 4.69) is 4.98 Å². The second kappa shape index (κ2) is 7.97. The Morgan fingerprint density at radius 2 is 1.77 bits per heavy atom. The van der Waals surface area contributed by atoms with E-state index >= 15 is 0 Å². The molecule has 0 fully saturated rings. The summed E-state index contributed by atoms with van der Waals surface area (Å²) in [6.45, 7) is 4.43. The predicted molar refractivity (Wildman–Crippen MR) is 99.8 cm³/mol. The maximum atomic E-state index is 11.1. The van der Waals surface area contributed by atoms with Gasteiger partial charge in [-0.2, -0.15) is 0 Å². The fraction of sp³-hybridized carbons (Fsp3) is 0.211. The normalized spacial score (nSPS) is 10.5. The van der Waals surface area contributed by atoms with Crippen molar-refractivity contribution in [3.8, 4) is 11.5 Å². The second-order valence-corrected chi connectivity index (χ2v) is 6.79. The molecule has 3 aromatic rings. The van der Waals surface area contributed by atoms with Crippen molar-refractivity contribution in [2.45, 2.75) is 27.1 Å². The molecular formula is C19H18N2O4S. The molecule has 0 aliphatic rings. The monoisotopic (exact) mass is 370 g/mol. The lowest BCUT2D eigenvalue weighted by atomic mass is 10.2. The molecule has 0 radical (unpaired) electrons. The quantitative estimate of drug-likeness (QED) is 0.440. The SMILES string of the molecule is Cc1ccc(OCc2nc(COc3cc(C)ccc3[N+](=O)[O-])cs2)cc1. The van der Waals surface area contributed by atoms with Crippen LogP contribution in [0.4, 0.5) is 5.69 Å². The minimum Gasteiger partial charge on any atom is -0.486 e. The maximum absolute atomic E-state index is 11.1. The summed E-state index contributed by atoms with van der Waals surface area (Å²) in [7, 11) is 0. The van der Waals surface area contributed by atoms with Crippen LogP contribution >= 0.6 is 11.3 Å². The molecule has 1 aromatic heterocycles. The number of aromatic nitrogens is 1. The molecule has 0 atom stereocenters. The molecule has 0 N–H and O–H groups in total. The average molecular weight is 370 g/mol. The molecule has 0 bridgehead atoms. The van der Waals surface area contributed by atoms with Crippen LogP contribution in [0.25, 0.3) is 0 Å². The van der Waals surface area contributed by atoms with Gasteiger partial charge in [0.15, 0.2) is 5.75 Å². The highest BCUT2D eigenvalue weighted by Gasteiger charge is 2.15. The van der Waals surface area contributed by atoms with Crippen molar-refractivity contribution in [2.75, 3.05) is 0 Å². The highest BCUT2D eigenvalue weighted by atomic mass is 32.1. The van der Waals surface area contributed by atoms with E-state index in [4.69, 9.17) is 9.47 Å². The number of aryl methyl sites for hydroxylation is 2. The van der Waals surface area contributed by atoms with Crippen LogP contribution in [0, 0.1) is 24.0 Å². The van der Waals surface area contributed by atoms with Crippen LogP contribution in [0.2, 0.25) is 0 Å². The van der Waals surface area contributed by atoms with Crippen LogP contribution in [-0.4, -0.2) is 9.91 Å². The Kier molecular flexibility index (Phi) is 5.48. The van der Waals surface area contributed by atoms with Gasteiger partial charge in [0.25, 0.3) is 0 Å². The Balaban J connectivity index is 1.59. The number of nitro benzene ring substituents is 1. The molecule has 3 rings (SSSR count). The minimum atomic E-state index is -0.448. The molecule has 26 heavy (non-hydrogen) atoms. The first kappa shape index (κ1) is 17.9. The van der Waals surface area contributed by atoms with Gasteiger partial charge in [-0.1, -0.05) is 23.8 Å². The number of nitrogens with zero attached hydrogens (tertiary/aromatic N) is 2. The van der Waals surface area contributed by atoms with Crippen LogP contribution in [0.1, 0.15) is 21.8 Å². The summed E-state index contributed by atoms with van der Waals surface area (Å²) in [6.07, 6.45) is 0. The van der Waals surface area contributed by atoms with Crippen molar-refractivity contribution in [2.24, 2.45) is 0 Å². The van der Waals surface area contributed by atoms with Gasteiger partial charge in [-0.3, -0.25) is 10.1 Å². The van der Waals surface area contributed by atoms with E-state index in [1.54, 1.807) is 12.1 Å². The van der Waals surface area contributed by atoms with E-state index in [-0.39, 0.29) is 18.0 Å². The van der Waals surface area contributed by atoms with Gasteiger partial charge in [-0.05, 0) is 37.6 Å². The molecule has 7 heteroatoms. The third-order valence-corrected chi connectivity index (χ3v) is 4.54. The zero-order chi connectivity index (χ0) is 18.5. The van der Waals surface area contributed by atoms with Crippen LogP contribution < -0.4 is 9.47 Å². The highest BCUT2D eigenvalue weighted by molar-refractivity contribution is 7.09. The molecular weight excluding hydrogens is 352 g/mol. The van der Waals surface area contributed by atoms with E-state index in [1.807, 2.05) is 43.5 Å². The summed E-state index contributed by atoms with van der Waals surface area (Å²) in [6, 6.07) is 12.6. The van der Waals surface area contributed by atoms with Crippen molar-refractivity contribution >= 4 is 17.0 Å². The number of thiazole rings is 1. The van der Waals surface area contributed by atoms with E-state index in [1.165, 1.54) is 23.0 Å². The van der Waals surface area contributed by atoms with Gasteiger partial charge < -0.3 is 9.47 Å². The third kappa shape index (κ3) is 4.58. The molecule has 0 spiro atoms. The molecule has 0 unspecified atom stereocenters. The summed E-state index contributed by atoms with van der Waals surface area (Å²) in [5.41, 5.74) is 2.74. The van der Waals surface area contributed by atoms with Crippen LogP contribution in [0.15, 0.2) is 47.8 Å². The maximum Gasteiger partial charge on any atom is 0.310 e. The van der Waals surface area contributed by atoms with Crippen molar-refractivity contribution in [1.29, 1.82) is 0 Å². The Morgan fingerprint density at radius 3 is 2.50 bits per heavy atom. The molecule has 2 aromatic carbocycles. The molecule has 0 saturated heterocycles. The fourth-order valence-electron chi connectivity index (χ4n) is 2.30. The largest absolute Gasteiger partial charge is 0.486 e. The Morgan fingerprint density at radius 1 is 1.04 bits per heavy atom. The number of hydrogen-bond acceptors (Lipinski definition) is 6. The summed E-state index contributed by atoms with van der Waals surface area (Å²) < 4.78 is 11.3. The fourth-order valence-corrected chi connectivity index (χ4v) is 2.99. The van der Waals surface area contributed by atoms with Gasteiger partial charge in [0, 0.05) is 11.4 Å². The van der Waals surface area contributed by atoms with Gasteiger partial charge in [0.2, 0.25) is 0 Å². The molecule has 6 nitrogen and oxygen atoms in total. The van der Waals surface area contributed by atoms with Crippen molar-refractivity contribution in [1.82, 2.24) is 4.98 Å². The summed E-state index contributed by atoms with van der Waals surface area (Å²) in [5, 5.41) is 13.8. The Bertz CT molecular complexity index is 906. The van der Waals surface area contributed by atoms with Crippen molar-refractivity contribution < 1.29 is 14.4 Å². The lowest BCUT2D eigenvalue weighted by Gasteiger charge is -2.06. The highest BCUT2D eigenvalue weighted by Crippen LogP contribution is 2.28. The number of ether oxygens (including phenoxy) is 2. The molecule has 0 amide bonds. The van der Waals surface area contributed by atoms with E-state index < -0.39 is 4.92 Å². The predicted octanol–water partition coefficient (Wildman–Crippen LogP) is 4.83. The smallest absolute Gasteiger partial charge is 0.310 e. The first-order valence-electron chi connectivity index (χ1n) is 8.02. The van der Waals surface area contributed by atoms with E-state index in [0.717, 1.165) is 16.3 Å². The first-order valence-corrected chi connectivity index (χ1v) is 8.90. The lowest BCUT2D eigenvalue weighted by Crippen LogP contribution is -2.01. The number of benzene rings is 2. The third-order valence-electron chi connectivity index (χ3n) is 3.67. The summed E-state index contributed by atoms with van der Waals surface area (Å²) >= 11 is 1.47. The van der Waals surface area contributed by atoms with Crippen LogP contribution in [0.5, 0.6) is 11.5 Å². The standard InChI is InChI=1S/C19H18N2O4S/c1-13-3-6-16(7-4-13)24-11-19-20-15(12-26-19)10-25-18-9-14(2)5-8-17(18)21(22)23/h3-9,12H,10-11H2,1-2H3. The number of rotatable bonds is 7. The number of hydrogen-bond donors (Lipinski definition) is 0. The lowest BCUT2D eigenvalue weighted by molar-refractivity contribution is -0.386. The van der Waals surface area contributed by atoms with Crippen LogP contribution in [0.3, 0.4) is 0 Å². The van der Waals surface area contributed by atoms with E-state index in [9.17, 15) is 10.1 Å². The zero-order valence-electron chi connectivity index (χ0n) is 14.5. The molecule has 134 valence electrons.